The molecular weight excluding hydrogens is 378 g/mol. The molecule has 1 aromatic rings. The average molecular weight is 400 g/mol. The SMILES string of the molecule is CC1C(C(=O)O)CCN1C(=O)C1(S(=O)(=O)c2ccc(Cl)cc2)CCCC1. The van der Waals surface area contributed by atoms with E-state index in [1.807, 2.05) is 0 Å². The first-order valence-corrected chi connectivity index (χ1v) is 10.6. The van der Waals surface area contributed by atoms with Crippen LogP contribution >= 0.6 is 11.6 Å². The second kappa shape index (κ2) is 6.85. The molecule has 0 radical (unpaired) electrons. The normalized spacial score (nSPS) is 25.4. The van der Waals surface area contributed by atoms with Crippen LogP contribution in [-0.4, -0.2) is 47.6 Å². The third-order valence-corrected chi connectivity index (χ3v) is 8.53. The summed E-state index contributed by atoms with van der Waals surface area (Å²) in [6.45, 7) is 1.95. The minimum atomic E-state index is -3.91. The van der Waals surface area contributed by atoms with Crippen LogP contribution in [0.25, 0.3) is 0 Å². The molecule has 6 nitrogen and oxygen atoms in total. The molecule has 1 heterocycles. The molecule has 2 aliphatic rings. The van der Waals surface area contributed by atoms with Crippen LogP contribution in [0.5, 0.6) is 0 Å². The van der Waals surface area contributed by atoms with Gasteiger partial charge in [-0.3, -0.25) is 9.59 Å². The number of sulfone groups is 1. The number of carbonyl (C=O) groups is 2. The van der Waals surface area contributed by atoms with Crippen LogP contribution in [0, 0.1) is 5.92 Å². The van der Waals surface area contributed by atoms with Crippen LogP contribution in [0.4, 0.5) is 0 Å². The Bertz CT molecular complexity index is 814. The van der Waals surface area contributed by atoms with Gasteiger partial charge in [-0.15, -0.1) is 0 Å². The highest BCUT2D eigenvalue weighted by Gasteiger charge is 2.56. The van der Waals surface area contributed by atoms with Crippen LogP contribution in [0.3, 0.4) is 0 Å². The molecule has 1 aliphatic carbocycles. The number of amides is 1. The Hall–Kier alpha value is -1.60. The van der Waals surface area contributed by atoms with Gasteiger partial charge in [0.25, 0.3) is 0 Å². The molecule has 8 heteroatoms. The molecule has 1 aliphatic heterocycles. The fourth-order valence-electron chi connectivity index (χ4n) is 4.20. The largest absolute Gasteiger partial charge is 0.481 e. The van der Waals surface area contributed by atoms with Gasteiger partial charge in [-0.1, -0.05) is 24.4 Å². The summed E-state index contributed by atoms with van der Waals surface area (Å²) in [5.41, 5.74) is 0. The van der Waals surface area contributed by atoms with Gasteiger partial charge in [-0.25, -0.2) is 8.42 Å². The molecule has 2 fully saturated rings. The van der Waals surface area contributed by atoms with Gasteiger partial charge < -0.3 is 10.0 Å². The number of carboxylic acids is 1. The molecule has 2 atom stereocenters. The van der Waals surface area contributed by atoms with Crippen molar-refractivity contribution in [2.45, 2.75) is 54.7 Å². The van der Waals surface area contributed by atoms with Gasteiger partial charge in [-0.2, -0.15) is 0 Å². The van der Waals surface area contributed by atoms with E-state index in [1.54, 1.807) is 6.92 Å². The zero-order chi connectivity index (χ0) is 19.1. The summed E-state index contributed by atoms with van der Waals surface area (Å²) in [5.74, 6) is -2.06. The van der Waals surface area contributed by atoms with E-state index in [1.165, 1.54) is 29.2 Å². The predicted molar refractivity (Wildman–Crippen MR) is 96.8 cm³/mol. The first-order valence-electron chi connectivity index (χ1n) is 8.75. The number of hydrogen-bond donors (Lipinski definition) is 1. The first kappa shape index (κ1) is 19.2. The Labute approximate surface area is 158 Å². The van der Waals surface area contributed by atoms with E-state index in [-0.39, 0.29) is 24.3 Å². The summed E-state index contributed by atoms with van der Waals surface area (Å²) in [7, 11) is -3.91. The second-order valence-corrected chi connectivity index (χ2v) is 9.83. The average Bonchev–Trinajstić information content (AvgIpc) is 3.22. The monoisotopic (exact) mass is 399 g/mol. The van der Waals surface area contributed by atoms with Gasteiger partial charge in [0.15, 0.2) is 14.6 Å². The highest BCUT2D eigenvalue weighted by atomic mass is 35.5. The van der Waals surface area contributed by atoms with Crippen molar-refractivity contribution in [2.75, 3.05) is 6.54 Å². The van der Waals surface area contributed by atoms with E-state index >= 15 is 0 Å². The fraction of sp³-hybridized carbons (Fsp3) is 0.556. The molecule has 1 N–H and O–H groups in total. The second-order valence-electron chi connectivity index (χ2n) is 7.13. The maximum absolute atomic E-state index is 13.4. The Morgan fingerprint density at radius 1 is 1.19 bits per heavy atom. The van der Waals surface area contributed by atoms with E-state index < -0.39 is 38.4 Å². The molecule has 3 rings (SSSR count). The molecular formula is C18H22ClNO5S. The molecule has 0 bridgehead atoms. The molecule has 1 saturated heterocycles. The van der Waals surface area contributed by atoms with Crippen molar-refractivity contribution < 1.29 is 23.1 Å². The van der Waals surface area contributed by atoms with Crippen LogP contribution in [0.2, 0.25) is 5.02 Å². The number of carbonyl (C=O) groups excluding carboxylic acids is 1. The van der Waals surface area contributed by atoms with E-state index in [0.717, 1.165) is 0 Å². The highest BCUT2D eigenvalue weighted by Crippen LogP contribution is 2.43. The fourth-order valence-corrected chi connectivity index (χ4v) is 6.45. The molecule has 142 valence electrons. The smallest absolute Gasteiger partial charge is 0.308 e. The third kappa shape index (κ3) is 2.91. The molecule has 1 aromatic carbocycles. The van der Waals surface area contributed by atoms with Gasteiger partial charge in [0.05, 0.1) is 10.8 Å². The summed E-state index contributed by atoms with van der Waals surface area (Å²) in [6, 6.07) is 5.34. The van der Waals surface area contributed by atoms with Crippen molar-refractivity contribution in [2.24, 2.45) is 5.92 Å². The minimum absolute atomic E-state index is 0.0822. The standard InChI is InChI=1S/C18H22ClNO5S/c1-12-15(16(21)22)8-11-20(12)17(23)18(9-2-3-10-18)26(24,25)14-6-4-13(19)5-7-14/h4-7,12,15H,2-3,8-11H2,1H3,(H,21,22). The number of likely N-dealkylation sites (tertiary alicyclic amines) is 1. The molecule has 26 heavy (non-hydrogen) atoms. The van der Waals surface area contributed by atoms with Gasteiger partial charge in [0, 0.05) is 17.6 Å². The number of carboxylic acid groups (broad SMARTS) is 1. The van der Waals surface area contributed by atoms with Crippen LogP contribution < -0.4 is 0 Å². The van der Waals surface area contributed by atoms with E-state index in [9.17, 15) is 23.1 Å². The maximum Gasteiger partial charge on any atom is 0.308 e. The first-order chi connectivity index (χ1) is 12.2. The van der Waals surface area contributed by atoms with Gasteiger partial charge >= 0.3 is 5.97 Å². The van der Waals surface area contributed by atoms with Crippen molar-refractivity contribution >= 4 is 33.3 Å². The summed E-state index contributed by atoms with van der Waals surface area (Å²) >= 11 is 5.86. The number of aliphatic carboxylic acids is 1. The number of nitrogens with zero attached hydrogens (tertiary/aromatic N) is 1. The maximum atomic E-state index is 13.4. The minimum Gasteiger partial charge on any atom is -0.481 e. The molecule has 1 amide bonds. The lowest BCUT2D eigenvalue weighted by Crippen LogP contribution is -2.54. The lowest BCUT2D eigenvalue weighted by molar-refractivity contribution is -0.143. The van der Waals surface area contributed by atoms with Gasteiger partial charge in [0.1, 0.15) is 0 Å². The Morgan fingerprint density at radius 2 is 1.77 bits per heavy atom. The van der Waals surface area contributed by atoms with E-state index in [2.05, 4.69) is 0 Å². The topological polar surface area (TPSA) is 91.8 Å². The lowest BCUT2D eigenvalue weighted by atomic mass is 10.0. The summed E-state index contributed by atoms with van der Waals surface area (Å²) in [4.78, 5) is 26.3. The molecule has 1 saturated carbocycles. The zero-order valence-electron chi connectivity index (χ0n) is 14.5. The summed E-state index contributed by atoms with van der Waals surface area (Å²) < 4.78 is 25.3. The quantitative estimate of drug-likeness (QED) is 0.840. The van der Waals surface area contributed by atoms with Crippen LogP contribution in [-0.2, 0) is 19.4 Å². The molecule has 0 aromatic heterocycles. The Kier molecular flexibility index (Phi) is 5.05. The van der Waals surface area contributed by atoms with E-state index in [0.29, 0.717) is 24.3 Å². The van der Waals surface area contributed by atoms with Crippen molar-refractivity contribution in [3.05, 3.63) is 29.3 Å². The van der Waals surface area contributed by atoms with Gasteiger partial charge in [-0.05, 0) is 50.5 Å². The Balaban J connectivity index is 1.99. The van der Waals surface area contributed by atoms with Crippen molar-refractivity contribution in [3.8, 4) is 0 Å². The highest BCUT2D eigenvalue weighted by molar-refractivity contribution is 7.93. The van der Waals surface area contributed by atoms with Crippen molar-refractivity contribution in [3.63, 3.8) is 0 Å². The molecule has 2 unspecified atom stereocenters. The zero-order valence-corrected chi connectivity index (χ0v) is 16.1. The number of benzene rings is 1. The lowest BCUT2D eigenvalue weighted by Gasteiger charge is -2.34. The number of halogens is 1. The van der Waals surface area contributed by atoms with Gasteiger partial charge in [0.2, 0.25) is 5.91 Å². The van der Waals surface area contributed by atoms with Crippen LogP contribution in [0.15, 0.2) is 29.2 Å². The number of rotatable bonds is 4. The van der Waals surface area contributed by atoms with E-state index in [4.69, 9.17) is 11.6 Å². The number of hydrogen-bond acceptors (Lipinski definition) is 4. The Morgan fingerprint density at radius 3 is 2.27 bits per heavy atom. The summed E-state index contributed by atoms with van der Waals surface area (Å²) in [5, 5.41) is 9.73. The third-order valence-electron chi connectivity index (χ3n) is 5.77. The summed E-state index contributed by atoms with van der Waals surface area (Å²) in [6.07, 6.45) is 2.18. The van der Waals surface area contributed by atoms with Crippen molar-refractivity contribution in [1.82, 2.24) is 4.90 Å². The van der Waals surface area contributed by atoms with Crippen LogP contribution in [0.1, 0.15) is 39.0 Å². The predicted octanol–water partition coefficient (Wildman–Crippen LogP) is 2.75. The molecule has 0 spiro atoms. The van der Waals surface area contributed by atoms with Crippen molar-refractivity contribution in [1.29, 1.82) is 0 Å².